The van der Waals surface area contributed by atoms with Crippen LogP contribution >= 0.6 is 0 Å². The predicted octanol–water partition coefficient (Wildman–Crippen LogP) is 1.80. The first-order valence-electron chi connectivity index (χ1n) is 4.19. The Morgan fingerprint density at radius 2 is 2.21 bits per heavy atom. The number of ether oxygens (including phenoxy) is 2. The Balaban J connectivity index is 3.50. The van der Waals surface area contributed by atoms with Gasteiger partial charge in [0.05, 0.1) is 5.92 Å². The summed E-state index contributed by atoms with van der Waals surface area (Å²) in [5.41, 5.74) is 0. The summed E-state index contributed by atoms with van der Waals surface area (Å²) in [6, 6.07) is 0. The minimum Gasteiger partial charge on any atom is -0.438 e. The second kappa shape index (κ2) is 7.37. The zero-order valence-corrected chi connectivity index (χ0v) is 8.13. The van der Waals surface area contributed by atoms with Crippen molar-refractivity contribution in [2.75, 3.05) is 13.4 Å². The van der Waals surface area contributed by atoms with Crippen molar-refractivity contribution in [1.82, 2.24) is 0 Å². The molecule has 0 radical (unpaired) electrons. The number of hydrogen-bond donors (Lipinski definition) is 0. The van der Waals surface area contributed by atoms with Gasteiger partial charge in [0.25, 0.3) is 0 Å². The second-order valence-corrected chi connectivity index (χ2v) is 2.70. The molecule has 0 N–H and O–H groups in total. The first-order chi connectivity index (χ1) is 6.61. The monoisotopic (exact) mass is 209 g/mol. The smallest absolute Gasteiger partial charge is 0.310 e. The van der Waals surface area contributed by atoms with Crippen LogP contribution in [0.3, 0.4) is 0 Å². The Hall–Kier alpha value is -1.04. The van der Waals surface area contributed by atoms with Gasteiger partial charge in [-0.15, -0.1) is 0 Å². The van der Waals surface area contributed by atoms with Crippen LogP contribution in [0.25, 0.3) is 0 Å². The van der Waals surface area contributed by atoms with Gasteiger partial charge in [-0.1, -0.05) is 23.5 Å². The van der Waals surface area contributed by atoms with E-state index in [0.29, 0.717) is 6.42 Å². The molecule has 4 nitrogen and oxygen atoms in total. The molecule has 0 aliphatic rings. The summed E-state index contributed by atoms with van der Waals surface area (Å²) in [4.78, 5) is 11.0. The average molecular weight is 209 g/mol. The topological polar surface area (TPSA) is 47.9 Å². The van der Waals surface area contributed by atoms with Crippen molar-refractivity contribution in [2.45, 2.75) is 20.3 Å². The molecule has 14 heavy (non-hydrogen) atoms. The Bertz CT molecular complexity index is 209. The Morgan fingerprint density at radius 1 is 1.57 bits per heavy atom. The third kappa shape index (κ3) is 5.58. The molecule has 1 atom stereocenters. The Morgan fingerprint density at radius 3 is 2.71 bits per heavy atom. The molecular formula is C8H13F2NO3. The highest BCUT2D eigenvalue weighted by atomic mass is 19.2. The van der Waals surface area contributed by atoms with Crippen molar-refractivity contribution in [1.29, 1.82) is 0 Å². The van der Waals surface area contributed by atoms with Crippen molar-refractivity contribution in [2.24, 2.45) is 11.1 Å². The maximum absolute atomic E-state index is 12.0. The van der Waals surface area contributed by atoms with Crippen LogP contribution in [0.1, 0.15) is 20.3 Å². The fraction of sp³-hybridized carbons (Fsp3) is 0.750. The number of hydrogen-bond acceptors (Lipinski definition) is 4. The largest absolute Gasteiger partial charge is 0.438 e. The molecular weight excluding hydrogens is 196 g/mol. The first-order valence-corrected chi connectivity index (χ1v) is 4.19. The van der Waals surface area contributed by atoms with Crippen LogP contribution in [0, 0.1) is 5.92 Å². The number of nitrogens with zero attached hydrogens (tertiary/aromatic N) is 1. The van der Waals surface area contributed by atoms with Crippen LogP contribution in [0.4, 0.5) is 8.87 Å². The lowest BCUT2D eigenvalue weighted by Crippen LogP contribution is -2.17. The normalized spacial score (nSPS) is 13.9. The minimum absolute atomic E-state index is 0.224. The molecule has 82 valence electrons. The van der Waals surface area contributed by atoms with Gasteiger partial charge in [-0.25, -0.2) is 0 Å². The van der Waals surface area contributed by atoms with E-state index in [2.05, 4.69) is 9.47 Å². The zero-order valence-electron chi connectivity index (χ0n) is 8.13. The maximum Gasteiger partial charge on any atom is 0.310 e. The van der Waals surface area contributed by atoms with E-state index in [0.717, 1.165) is 0 Å². The molecule has 0 aromatic heterocycles. The molecule has 0 aromatic rings. The predicted molar refractivity (Wildman–Crippen MR) is 46.0 cm³/mol. The van der Waals surface area contributed by atoms with Crippen LogP contribution in [0.15, 0.2) is 5.21 Å². The minimum atomic E-state index is -1.29. The lowest BCUT2D eigenvalue weighted by molar-refractivity contribution is -0.159. The molecule has 0 heterocycles. The van der Waals surface area contributed by atoms with Crippen molar-refractivity contribution in [3.05, 3.63) is 0 Å². The molecule has 0 bridgehead atoms. The van der Waals surface area contributed by atoms with Gasteiger partial charge in [0.2, 0.25) is 5.97 Å². The molecule has 0 aliphatic carbocycles. The highest BCUT2D eigenvalue weighted by Crippen LogP contribution is 2.02. The van der Waals surface area contributed by atoms with Crippen LogP contribution in [-0.2, 0) is 14.3 Å². The van der Waals surface area contributed by atoms with E-state index in [4.69, 9.17) is 0 Å². The molecule has 0 aliphatic heterocycles. The van der Waals surface area contributed by atoms with Crippen LogP contribution in [0.5, 0.6) is 0 Å². The lowest BCUT2D eigenvalue weighted by Gasteiger charge is -2.08. The summed E-state index contributed by atoms with van der Waals surface area (Å²) in [6.45, 7) is 2.50. The van der Waals surface area contributed by atoms with E-state index in [1.165, 1.54) is 0 Å². The van der Waals surface area contributed by atoms with Crippen LogP contribution in [-0.4, -0.2) is 25.3 Å². The van der Waals surface area contributed by atoms with E-state index < -0.39 is 25.3 Å². The molecule has 0 saturated carbocycles. The summed E-state index contributed by atoms with van der Waals surface area (Å²) < 4.78 is 32.2. The second-order valence-electron chi connectivity index (χ2n) is 2.70. The lowest BCUT2D eigenvalue weighted by atomic mass is 10.1. The van der Waals surface area contributed by atoms with Gasteiger partial charge in [0, 0.05) is 0 Å². The summed E-state index contributed by atoms with van der Waals surface area (Å²) >= 11 is 0. The summed E-state index contributed by atoms with van der Waals surface area (Å²) in [6.07, 6.45) is 0.652. The number of halogens is 2. The van der Waals surface area contributed by atoms with E-state index in [1.54, 1.807) is 12.1 Å². The molecule has 0 fully saturated rings. The van der Waals surface area contributed by atoms with E-state index in [1.807, 2.05) is 6.92 Å². The summed E-state index contributed by atoms with van der Waals surface area (Å²) in [7, 11) is 0. The molecule has 0 amide bonds. The van der Waals surface area contributed by atoms with E-state index >= 15 is 0 Å². The molecule has 0 rings (SSSR count). The number of carbonyl (C=O) groups is 1. The van der Waals surface area contributed by atoms with Crippen molar-refractivity contribution >= 4 is 11.9 Å². The quantitative estimate of drug-likeness (QED) is 0.290. The van der Waals surface area contributed by atoms with Gasteiger partial charge in [-0.3, -0.25) is 4.79 Å². The standard InChI is InChI=1S/C8H13F2NO3/c1-3-6(2)8(12)14-5-13-4-7(9)11-10/h6H,3-5H2,1-2H3/b11-7-. The van der Waals surface area contributed by atoms with Crippen LogP contribution < -0.4 is 0 Å². The zero-order chi connectivity index (χ0) is 11.0. The highest BCUT2D eigenvalue weighted by Gasteiger charge is 2.11. The summed E-state index contributed by atoms with van der Waals surface area (Å²) in [5, 5.41) is 1.74. The number of rotatable bonds is 6. The van der Waals surface area contributed by atoms with Gasteiger partial charge in [-0.05, 0) is 6.42 Å². The van der Waals surface area contributed by atoms with Gasteiger partial charge < -0.3 is 9.47 Å². The SMILES string of the molecule is CCC(C)C(=O)OCOC/C(F)=N/F. The highest BCUT2D eigenvalue weighted by molar-refractivity contribution is 5.75. The van der Waals surface area contributed by atoms with Gasteiger partial charge >= 0.3 is 5.97 Å². The third-order valence-corrected chi connectivity index (χ3v) is 1.61. The van der Waals surface area contributed by atoms with E-state index in [9.17, 15) is 13.7 Å². The molecule has 0 aromatic carbocycles. The van der Waals surface area contributed by atoms with E-state index in [-0.39, 0.29) is 5.92 Å². The number of carbonyl (C=O) groups excluding carboxylic acids is 1. The third-order valence-electron chi connectivity index (χ3n) is 1.61. The Kier molecular flexibility index (Phi) is 6.82. The molecule has 0 saturated heterocycles. The summed E-state index contributed by atoms with van der Waals surface area (Å²) in [5.74, 6) is -1.94. The van der Waals surface area contributed by atoms with Crippen molar-refractivity contribution in [3.63, 3.8) is 0 Å². The fourth-order valence-corrected chi connectivity index (χ4v) is 0.559. The number of esters is 1. The molecule has 6 heteroatoms. The first kappa shape index (κ1) is 13.0. The molecule has 0 spiro atoms. The van der Waals surface area contributed by atoms with Crippen molar-refractivity contribution in [3.8, 4) is 0 Å². The maximum atomic E-state index is 12.0. The fourth-order valence-electron chi connectivity index (χ4n) is 0.559. The Labute approximate surface area is 80.8 Å². The molecule has 1 unspecified atom stereocenters. The average Bonchev–Trinajstić information content (AvgIpc) is 2.22. The van der Waals surface area contributed by atoms with Crippen molar-refractivity contribution < 1.29 is 23.1 Å². The van der Waals surface area contributed by atoms with Crippen LogP contribution in [0.2, 0.25) is 0 Å². The van der Waals surface area contributed by atoms with Gasteiger partial charge in [0.1, 0.15) is 6.61 Å². The van der Waals surface area contributed by atoms with Gasteiger partial charge in [-0.2, -0.15) is 4.39 Å². The van der Waals surface area contributed by atoms with Gasteiger partial charge in [0.15, 0.2) is 6.79 Å².